The number of alkyl halides is 2. The second-order valence-electron chi connectivity index (χ2n) is 8.04. The maximum absolute atomic E-state index is 13.5. The first-order chi connectivity index (χ1) is 13.8. The van der Waals surface area contributed by atoms with Crippen LogP contribution in [0, 0.1) is 30.6 Å². The van der Waals surface area contributed by atoms with Crippen LogP contribution in [0.1, 0.15) is 52.7 Å². The Morgan fingerprint density at radius 1 is 1.17 bits per heavy atom. The lowest BCUT2D eigenvalue weighted by molar-refractivity contribution is -0.000259. The SMILES string of the molecule is Cc1ccc(C(=O)NC2C[C@@H]3CC(F)(F)C[C@@H]3C2)cc1C#Cc1cnc(N)nc1. The third-order valence-electron chi connectivity index (χ3n) is 5.81. The van der Waals surface area contributed by atoms with Gasteiger partial charge in [0.25, 0.3) is 5.91 Å². The molecule has 1 amide bonds. The molecule has 0 saturated heterocycles. The number of nitrogens with two attached hydrogens (primary N) is 1. The number of aryl methyl sites for hydroxylation is 1. The number of hydrogen-bond acceptors (Lipinski definition) is 4. The first kappa shape index (κ1) is 19.3. The molecule has 3 N–H and O–H groups in total. The van der Waals surface area contributed by atoms with Crippen LogP contribution in [0.5, 0.6) is 0 Å². The van der Waals surface area contributed by atoms with E-state index in [1.54, 1.807) is 24.5 Å². The van der Waals surface area contributed by atoms with E-state index in [4.69, 9.17) is 5.73 Å². The quantitative estimate of drug-likeness (QED) is 0.763. The average molecular weight is 396 g/mol. The number of hydrogen-bond donors (Lipinski definition) is 2. The highest BCUT2D eigenvalue weighted by atomic mass is 19.3. The van der Waals surface area contributed by atoms with Gasteiger partial charge in [0.05, 0.1) is 5.56 Å². The highest BCUT2D eigenvalue weighted by molar-refractivity contribution is 5.95. The van der Waals surface area contributed by atoms with E-state index < -0.39 is 5.92 Å². The van der Waals surface area contributed by atoms with Gasteiger partial charge in [0, 0.05) is 42.4 Å². The van der Waals surface area contributed by atoms with Gasteiger partial charge in [-0.1, -0.05) is 17.9 Å². The summed E-state index contributed by atoms with van der Waals surface area (Å²) in [4.78, 5) is 20.5. The van der Waals surface area contributed by atoms with Crippen molar-refractivity contribution in [3.05, 3.63) is 52.8 Å². The molecular weight excluding hydrogens is 374 g/mol. The predicted octanol–water partition coefficient (Wildman–Crippen LogP) is 3.32. The monoisotopic (exact) mass is 396 g/mol. The van der Waals surface area contributed by atoms with Crippen molar-refractivity contribution in [1.29, 1.82) is 0 Å². The highest BCUT2D eigenvalue weighted by Gasteiger charge is 2.50. The van der Waals surface area contributed by atoms with E-state index in [-0.39, 0.29) is 42.6 Å². The van der Waals surface area contributed by atoms with Gasteiger partial charge < -0.3 is 11.1 Å². The van der Waals surface area contributed by atoms with Gasteiger partial charge in [0.2, 0.25) is 11.9 Å². The van der Waals surface area contributed by atoms with Crippen molar-refractivity contribution in [3.63, 3.8) is 0 Å². The first-order valence-corrected chi connectivity index (χ1v) is 9.68. The minimum atomic E-state index is -2.54. The number of benzene rings is 1. The smallest absolute Gasteiger partial charge is 0.251 e. The van der Waals surface area contributed by atoms with Crippen LogP contribution in [0.15, 0.2) is 30.6 Å². The summed E-state index contributed by atoms with van der Waals surface area (Å²) in [7, 11) is 0. The Morgan fingerprint density at radius 2 is 1.83 bits per heavy atom. The van der Waals surface area contributed by atoms with Crippen molar-refractivity contribution >= 4 is 11.9 Å². The maximum atomic E-state index is 13.5. The lowest BCUT2D eigenvalue weighted by Gasteiger charge is -2.16. The minimum Gasteiger partial charge on any atom is -0.368 e. The molecule has 1 aromatic carbocycles. The molecule has 1 heterocycles. The molecule has 1 aromatic heterocycles. The summed E-state index contributed by atoms with van der Waals surface area (Å²) in [6, 6.07) is 5.31. The molecular formula is C22H22F2N4O. The van der Waals surface area contributed by atoms with Gasteiger partial charge in [0.15, 0.2) is 0 Å². The van der Waals surface area contributed by atoms with Gasteiger partial charge in [-0.2, -0.15) is 0 Å². The highest BCUT2D eigenvalue weighted by Crippen LogP contribution is 2.51. The van der Waals surface area contributed by atoms with E-state index >= 15 is 0 Å². The summed E-state index contributed by atoms with van der Waals surface area (Å²) >= 11 is 0. The fourth-order valence-electron chi connectivity index (χ4n) is 4.39. The number of nitrogens with zero attached hydrogens (tertiary/aromatic N) is 2. The summed E-state index contributed by atoms with van der Waals surface area (Å²) in [5, 5.41) is 3.01. The summed E-state index contributed by atoms with van der Waals surface area (Å²) in [6.45, 7) is 1.92. The van der Waals surface area contributed by atoms with Gasteiger partial charge >= 0.3 is 0 Å². The largest absolute Gasteiger partial charge is 0.368 e. The fraction of sp³-hybridized carbons (Fsp3) is 0.409. The molecule has 2 aromatic rings. The Bertz CT molecular complexity index is 978. The predicted molar refractivity (Wildman–Crippen MR) is 105 cm³/mol. The lowest BCUT2D eigenvalue weighted by Crippen LogP contribution is -2.33. The molecule has 5 nitrogen and oxygen atoms in total. The zero-order valence-corrected chi connectivity index (χ0v) is 16.1. The number of anilines is 1. The average Bonchev–Trinajstić information content (AvgIpc) is 3.14. The molecule has 2 aliphatic carbocycles. The van der Waals surface area contributed by atoms with Crippen LogP contribution in [0.3, 0.4) is 0 Å². The van der Waals surface area contributed by atoms with Crippen molar-refractivity contribution in [2.24, 2.45) is 11.8 Å². The van der Waals surface area contributed by atoms with E-state index in [1.165, 1.54) is 0 Å². The van der Waals surface area contributed by atoms with Crippen LogP contribution < -0.4 is 11.1 Å². The minimum absolute atomic E-state index is 0.0110. The summed E-state index contributed by atoms with van der Waals surface area (Å²) in [5.41, 5.74) is 8.29. The van der Waals surface area contributed by atoms with Crippen molar-refractivity contribution in [2.45, 2.75) is 44.6 Å². The number of carbonyl (C=O) groups excluding carboxylic acids is 1. The van der Waals surface area contributed by atoms with Crippen molar-refractivity contribution < 1.29 is 13.6 Å². The molecule has 1 unspecified atom stereocenters. The summed E-state index contributed by atoms with van der Waals surface area (Å²) in [5.74, 6) is 3.49. The molecule has 2 saturated carbocycles. The number of fused-ring (bicyclic) bond motifs is 1. The van der Waals surface area contributed by atoms with Gasteiger partial charge in [-0.15, -0.1) is 0 Å². The molecule has 2 aliphatic rings. The third-order valence-corrected chi connectivity index (χ3v) is 5.81. The zero-order chi connectivity index (χ0) is 20.6. The first-order valence-electron chi connectivity index (χ1n) is 9.68. The van der Waals surface area contributed by atoms with E-state index in [2.05, 4.69) is 27.1 Å². The van der Waals surface area contributed by atoms with E-state index in [9.17, 15) is 13.6 Å². The van der Waals surface area contributed by atoms with Crippen molar-refractivity contribution in [1.82, 2.24) is 15.3 Å². The van der Waals surface area contributed by atoms with Crippen molar-refractivity contribution in [2.75, 3.05) is 5.73 Å². The number of carbonyl (C=O) groups is 1. The Hall–Kier alpha value is -3.01. The number of halogens is 2. The van der Waals surface area contributed by atoms with Gasteiger partial charge in [-0.3, -0.25) is 4.79 Å². The van der Waals surface area contributed by atoms with Crippen LogP contribution in [-0.4, -0.2) is 27.8 Å². The summed E-state index contributed by atoms with van der Waals surface area (Å²) < 4.78 is 27.0. The Labute approximate surface area is 168 Å². The molecule has 0 bridgehead atoms. The topological polar surface area (TPSA) is 80.9 Å². The molecule has 2 fully saturated rings. The number of nitrogen functional groups attached to an aromatic ring is 1. The normalized spacial score (nSPS) is 24.4. The van der Waals surface area contributed by atoms with Crippen LogP contribution in [0.2, 0.25) is 0 Å². The van der Waals surface area contributed by atoms with Gasteiger partial charge in [0.1, 0.15) is 0 Å². The molecule has 0 radical (unpaired) electrons. The molecule has 0 aliphatic heterocycles. The van der Waals surface area contributed by atoms with E-state index in [0.29, 0.717) is 24.0 Å². The van der Waals surface area contributed by atoms with E-state index in [0.717, 1.165) is 11.1 Å². The molecule has 7 heteroatoms. The van der Waals surface area contributed by atoms with E-state index in [1.807, 2.05) is 13.0 Å². The summed E-state index contributed by atoms with van der Waals surface area (Å²) in [6.07, 6.45) is 4.24. The lowest BCUT2D eigenvalue weighted by atomic mass is 10.0. The Balaban J connectivity index is 1.44. The second kappa shape index (κ2) is 7.43. The number of nitrogens with one attached hydrogen (secondary N) is 1. The Kier molecular flexibility index (Phi) is 4.95. The second-order valence-corrected chi connectivity index (χ2v) is 8.04. The zero-order valence-electron chi connectivity index (χ0n) is 16.1. The van der Waals surface area contributed by atoms with Crippen LogP contribution in [-0.2, 0) is 0 Å². The molecule has 4 rings (SSSR count). The molecule has 150 valence electrons. The third kappa shape index (κ3) is 4.37. The van der Waals surface area contributed by atoms with Crippen LogP contribution >= 0.6 is 0 Å². The number of rotatable bonds is 2. The van der Waals surface area contributed by atoms with Crippen LogP contribution in [0.4, 0.5) is 14.7 Å². The fourth-order valence-corrected chi connectivity index (χ4v) is 4.39. The molecule has 3 atom stereocenters. The number of aromatic nitrogens is 2. The Morgan fingerprint density at radius 3 is 2.48 bits per heavy atom. The van der Waals surface area contributed by atoms with Gasteiger partial charge in [-0.05, 0) is 49.3 Å². The number of amides is 1. The standard InChI is InChI=1S/C22H22F2N4O/c1-13-2-4-16(6-15(13)5-3-14-11-26-21(25)27-12-14)20(29)28-19-7-17-9-22(23,24)10-18(17)8-19/h2,4,6,11-12,17-19H,7-10H2,1H3,(H,28,29)(H2,25,26,27)/t17-,18+,19?. The molecule has 29 heavy (non-hydrogen) atoms. The maximum Gasteiger partial charge on any atom is 0.251 e. The molecule has 0 spiro atoms. The van der Waals surface area contributed by atoms with Gasteiger partial charge in [-0.25, -0.2) is 18.7 Å². The van der Waals surface area contributed by atoms with Crippen molar-refractivity contribution in [3.8, 4) is 11.8 Å². The van der Waals surface area contributed by atoms with Crippen LogP contribution in [0.25, 0.3) is 0 Å².